The van der Waals surface area contributed by atoms with E-state index in [0.29, 0.717) is 18.9 Å². The van der Waals surface area contributed by atoms with Gasteiger partial charge in [-0.1, -0.05) is 12.1 Å². The van der Waals surface area contributed by atoms with Gasteiger partial charge < -0.3 is 10.1 Å². The second-order valence-electron chi connectivity index (χ2n) is 7.13. The number of rotatable bonds is 5. The third kappa shape index (κ3) is 3.79. The molecule has 3 aromatic heterocycles. The first-order valence-corrected chi connectivity index (χ1v) is 10.5. The van der Waals surface area contributed by atoms with Gasteiger partial charge in [0.15, 0.2) is 0 Å². The van der Waals surface area contributed by atoms with Crippen LogP contribution in [0.4, 0.5) is 0 Å². The molecular weight excluding hydrogens is 384 g/mol. The number of hydrogen-bond acceptors (Lipinski definition) is 5. The van der Waals surface area contributed by atoms with Crippen LogP contribution in [0.3, 0.4) is 0 Å². The van der Waals surface area contributed by atoms with Crippen molar-refractivity contribution in [1.82, 2.24) is 20.1 Å². The first kappa shape index (κ1) is 18.0. The Morgan fingerprint density at radius 2 is 2.17 bits per heavy atom. The number of hydrogen-bond donors (Lipinski definition) is 1. The molecule has 1 amide bonds. The molecule has 4 heterocycles. The van der Waals surface area contributed by atoms with Crippen LogP contribution in [0.2, 0.25) is 0 Å². The fourth-order valence-corrected chi connectivity index (χ4v) is 4.44. The molecule has 1 saturated heterocycles. The molecule has 0 aliphatic carbocycles. The maximum Gasteiger partial charge on any atom is 0.270 e. The maximum absolute atomic E-state index is 12.7. The van der Waals surface area contributed by atoms with Crippen LogP contribution in [-0.2, 0) is 11.2 Å². The van der Waals surface area contributed by atoms with E-state index in [1.54, 1.807) is 17.5 Å². The lowest BCUT2D eigenvalue weighted by atomic mass is 10.0. The van der Waals surface area contributed by atoms with Crippen LogP contribution in [0.25, 0.3) is 15.9 Å². The summed E-state index contributed by atoms with van der Waals surface area (Å²) in [5.74, 6) is -0.135. The van der Waals surface area contributed by atoms with E-state index in [2.05, 4.69) is 39.7 Å². The van der Waals surface area contributed by atoms with E-state index in [1.807, 2.05) is 34.5 Å². The van der Waals surface area contributed by atoms with Crippen LogP contribution in [0.5, 0.6) is 0 Å². The number of carbonyl (C=O) groups excluding carboxylic acids is 1. The third-order valence-electron chi connectivity index (χ3n) is 5.09. The van der Waals surface area contributed by atoms with Gasteiger partial charge in [-0.2, -0.15) is 5.10 Å². The number of fused-ring (bicyclic) bond motifs is 1. The number of carbonyl (C=O) groups is 1. The molecular formula is C22H20N4O2S. The molecule has 1 fully saturated rings. The van der Waals surface area contributed by atoms with Crippen LogP contribution in [0.1, 0.15) is 28.0 Å². The van der Waals surface area contributed by atoms with Gasteiger partial charge in [-0.3, -0.25) is 4.79 Å². The van der Waals surface area contributed by atoms with Gasteiger partial charge in [-0.25, -0.2) is 9.67 Å². The predicted octanol–water partition coefficient (Wildman–Crippen LogP) is 3.59. The van der Waals surface area contributed by atoms with E-state index in [-0.39, 0.29) is 11.9 Å². The highest BCUT2D eigenvalue weighted by atomic mass is 32.1. The molecule has 7 heteroatoms. The highest BCUT2D eigenvalue weighted by Gasteiger charge is 2.20. The topological polar surface area (TPSA) is 69.0 Å². The summed E-state index contributed by atoms with van der Waals surface area (Å²) in [4.78, 5) is 17.3. The van der Waals surface area contributed by atoms with Crippen molar-refractivity contribution in [3.05, 3.63) is 77.1 Å². The Morgan fingerprint density at radius 3 is 2.93 bits per heavy atom. The Hall–Kier alpha value is -3.03. The van der Waals surface area contributed by atoms with Gasteiger partial charge in [-0.05, 0) is 59.7 Å². The Balaban J connectivity index is 1.41. The van der Waals surface area contributed by atoms with Crippen LogP contribution >= 0.6 is 11.3 Å². The molecule has 1 aliphatic rings. The molecule has 4 aromatic rings. The van der Waals surface area contributed by atoms with Crippen molar-refractivity contribution in [2.45, 2.75) is 18.9 Å². The van der Waals surface area contributed by atoms with Crippen molar-refractivity contribution >= 4 is 27.5 Å². The van der Waals surface area contributed by atoms with Crippen molar-refractivity contribution in [3.8, 4) is 5.69 Å². The molecule has 0 unspecified atom stereocenters. The fraction of sp³-hybridized carbons (Fsp3) is 0.227. The van der Waals surface area contributed by atoms with Gasteiger partial charge in [-0.15, -0.1) is 11.3 Å². The van der Waals surface area contributed by atoms with Crippen molar-refractivity contribution in [2.75, 3.05) is 13.2 Å². The van der Waals surface area contributed by atoms with Gasteiger partial charge in [0.05, 0.1) is 28.6 Å². The molecule has 0 saturated carbocycles. The van der Waals surface area contributed by atoms with Crippen LogP contribution < -0.4 is 5.32 Å². The number of amides is 1. The molecule has 1 N–H and O–H groups in total. The Labute approximate surface area is 172 Å². The zero-order valence-electron chi connectivity index (χ0n) is 15.7. The molecule has 1 atom stereocenters. The van der Waals surface area contributed by atoms with E-state index in [1.165, 1.54) is 5.56 Å². The van der Waals surface area contributed by atoms with Crippen LogP contribution in [0, 0.1) is 0 Å². The summed E-state index contributed by atoms with van der Waals surface area (Å²) in [6.07, 6.45) is 5.28. The first-order chi connectivity index (χ1) is 14.3. The number of nitrogens with one attached hydrogen (secondary N) is 1. The summed E-state index contributed by atoms with van der Waals surface area (Å²) < 4.78 is 8.31. The maximum atomic E-state index is 12.7. The lowest BCUT2D eigenvalue weighted by Gasteiger charge is -2.12. The summed E-state index contributed by atoms with van der Waals surface area (Å²) in [6.45, 7) is 1.27. The zero-order chi connectivity index (χ0) is 19.6. The van der Waals surface area contributed by atoms with Crippen molar-refractivity contribution in [1.29, 1.82) is 0 Å². The summed E-state index contributed by atoms with van der Waals surface area (Å²) in [5, 5.41) is 9.32. The molecule has 1 aliphatic heterocycles. The fourth-order valence-electron chi connectivity index (χ4n) is 3.59. The molecule has 29 heavy (non-hydrogen) atoms. The van der Waals surface area contributed by atoms with Crippen molar-refractivity contribution in [3.63, 3.8) is 0 Å². The number of pyridine rings is 1. The molecule has 0 radical (unpaired) electrons. The second-order valence-corrected chi connectivity index (χ2v) is 8.05. The number of nitrogens with zero attached hydrogens (tertiary/aromatic N) is 3. The minimum Gasteiger partial charge on any atom is -0.379 e. The molecule has 0 spiro atoms. The lowest BCUT2D eigenvalue weighted by molar-refractivity contribution is 0.0925. The molecule has 146 valence electrons. The second kappa shape index (κ2) is 7.77. The smallest absolute Gasteiger partial charge is 0.270 e. The minimum absolute atomic E-state index is 0.0702. The van der Waals surface area contributed by atoms with E-state index < -0.39 is 0 Å². The summed E-state index contributed by atoms with van der Waals surface area (Å²) >= 11 is 1.66. The summed E-state index contributed by atoms with van der Waals surface area (Å²) in [5.41, 5.74) is 4.65. The van der Waals surface area contributed by atoms with Crippen molar-refractivity contribution < 1.29 is 9.53 Å². The lowest BCUT2D eigenvalue weighted by Crippen LogP contribution is -2.35. The third-order valence-corrected chi connectivity index (χ3v) is 6.06. The van der Waals surface area contributed by atoms with E-state index in [4.69, 9.17) is 4.74 Å². The number of thiophene rings is 1. The van der Waals surface area contributed by atoms with Gasteiger partial charge in [0.2, 0.25) is 0 Å². The van der Waals surface area contributed by atoms with Crippen molar-refractivity contribution in [2.24, 2.45) is 0 Å². The number of aromatic nitrogens is 3. The Morgan fingerprint density at radius 1 is 1.28 bits per heavy atom. The van der Waals surface area contributed by atoms with E-state index in [0.717, 1.165) is 34.3 Å². The number of benzene rings is 1. The number of ether oxygens (including phenoxy) is 1. The van der Waals surface area contributed by atoms with Crippen LogP contribution in [0.15, 0.2) is 60.2 Å². The van der Waals surface area contributed by atoms with Crippen LogP contribution in [-0.4, -0.2) is 39.9 Å². The first-order valence-electron chi connectivity index (χ1n) is 9.61. The monoisotopic (exact) mass is 404 g/mol. The highest BCUT2D eigenvalue weighted by Crippen LogP contribution is 2.27. The average molecular weight is 404 g/mol. The van der Waals surface area contributed by atoms with Gasteiger partial charge in [0.25, 0.3) is 5.91 Å². The predicted molar refractivity (Wildman–Crippen MR) is 113 cm³/mol. The van der Waals surface area contributed by atoms with Gasteiger partial charge in [0.1, 0.15) is 5.69 Å². The minimum atomic E-state index is -0.135. The summed E-state index contributed by atoms with van der Waals surface area (Å²) in [6, 6.07) is 14.2. The largest absolute Gasteiger partial charge is 0.379 e. The van der Waals surface area contributed by atoms with E-state index in [9.17, 15) is 4.79 Å². The highest BCUT2D eigenvalue weighted by molar-refractivity contribution is 7.17. The Kier molecular flexibility index (Phi) is 4.83. The quantitative estimate of drug-likeness (QED) is 0.552. The van der Waals surface area contributed by atoms with E-state index >= 15 is 0 Å². The van der Waals surface area contributed by atoms with Gasteiger partial charge >= 0.3 is 0 Å². The normalized spacial score (nSPS) is 16.3. The molecule has 5 rings (SSSR count). The molecule has 6 nitrogen and oxygen atoms in total. The Bertz CT molecular complexity index is 1130. The summed E-state index contributed by atoms with van der Waals surface area (Å²) in [7, 11) is 0. The average Bonchev–Trinajstić information content (AvgIpc) is 3.50. The standard InChI is InChI=1S/C22H20N4O2S/c27-22(24-17-6-10-28-14-17)20-13-16(21-19(25-20)7-11-29-21)12-15-2-4-18(5-3-15)26-9-1-8-23-26/h1-5,7-9,11,13,17H,6,10,12,14H2,(H,24,27)/t17-/m1/s1. The van der Waals surface area contributed by atoms with Gasteiger partial charge in [0, 0.05) is 19.0 Å². The zero-order valence-corrected chi connectivity index (χ0v) is 16.6. The SMILES string of the molecule is O=C(N[C@@H]1CCOC1)c1cc(Cc2ccc(-n3cccn3)cc2)c2sccc2n1. The molecule has 0 bridgehead atoms. The molecule has 1 aromatic carbocycles.